The monoisotopic (exact) mass is 270 g/mol. The third-order valence-electron chi connectivity index (χ3n) is 0.857. The summed E-state index contributed by atoms with van der Waals surface area (Å²) in [7, 11) is -3.67. The van der Waals surface area contributed by atoms with E-state index in [2.05, 4.69) is 6.58 Å². The zero-order valence-electron chi connectivity index (χ0n) is 9.56. The van der Waals surface area contributed by atoms with Crippen LogP contribution in [-0.2, 0) is 14.9 Å². The Morgan fingerprint density at radius 3 is 2.31 bits per heavy atom. The molecule has 16 heavy (non-hydrogen) atoms. The number of nitrogens with two attached hydrogens (primary N) is 1. The molecule has 0 spiro atoms. The second-order valence-electron chi connectivity index (χ2n) is 3.05. The molecule has 0 heterocycles. The van der Waals surface area contributed by atoms with Gasteiger partial charge in [-0.05, 0) is 13.8 Å². The molecular weight excluding hydrogens is 252 g/mol. The van der Waals surface area contributed by atoms with Crippen molar-refractivity contribution >= 4 is 27.0 Å². The fourth-order valence-corrected chi connectivity index (χ4v) is 0.966. The first-order valence-electron chi connectivity index (χ1n) is 4.21. The summed E-state index contributed by atoms with van der Waals surface area (Å²) in [4.78, 5) is 0. The van der Waals surface area contributed by atoms with Crippen molar-refractivity contribution in [2.24, 2.45) is 5.73 Å². The second-order valence-corrected chi connectivity index (χ2v) is 5.86. The van der Waals surface area contributed by atoms with Crippen LogP contribution < -0.4 is 5.73 Å². The average Bonchev–Trinajstić information content (AvgIpc) is 1.96. The van der Waals surface area contributed by atoms with Crippen molar-refractivity contribution in [3.05, 3.63) is 12.2 Å². The maximum atomic E-state index is 9.19. The molecule has 96 valence electrons. The van der Waals surface area contributed by atoms with Gasteiger partial charge in [-0.25, -0.2) is 0 Å². The molecule has 0 rings (SSSR count). The predicted molar refractivity (Wildman–Crippen MR) is 67.2 cm³/mol. The second kappa shape index (κ2) is 8.57. The number of nitrogens with one attached hydrogen (secondary N) is 1. The Kier molecular flexibility index (Phi) is 9.54. The highest BCUT2D eigenvalue weighted by atomic mass is 32.2. The van der Waals surface area contributed by atoms with E-state index in [1.807, 2.05) is 13.8 Å². The molecule has 0 aromatic heterocycles. The van der Waals surface area contributed by atoms with Gasteiger partial charge in [0.1, 0.15) is 5.44 Å². The highest BCUT2D eigenvalue weighted by molar-refractivity contribution is 8.14. The number of hydrogen-bond acceptors (Lipinski definition) is 5. The Bertz CT molecular complexity index is 319. The van der Waals surface area contributed by atoms with Crippen molar-refractivity contribution in [3.8, 4) is 0 Å². The van der Waals surface area contributed by atoms with Crippen molar-refractivity contribution in [3.63, 3.8) is 0 Å². The normalized spacial score (nSPS) is 12.2. The smallest absolute Gasteiger partial charge is 0.261 e. The van der Waals surface area contributed by atoms with Gasteiger partial charge in [-0.15, -0.1) is 0 Å². The molecular formula is C8H18N2O4S2. The van der Waals surface area contributed by atoms with E-state index in [4.69, 9.17) is 20.4 Å². The number of ether oxygens (including phenoxy) is 1. The summed E-state index contributed by atoms with van der Waals surface area (Å²) in [6.07, 6.45) is 0.715. The van der Waals surface area contributed by atoms with Crippen LogP contribution in [0.3, 0.4) is 0 Å². The van der Waals surface area contributed by atoms with Gasteiger partial charge in [0.15, 0.2) is 5.17 Å². The number of amidine groups is 1. The van der Waals surface area contributed by atoms with Crippen LogP contribution in [0.1, 0.15) is 13.8 Å². The van der Waals surface area contributed by atoms with Gasteiger partial charge in [-0.1, -0.05) is 23.9 Å². The SMILES string of the molecule is C=C(C)CO[C@H](C)SC(=N)N.CS(=O)(=O)O. The molecule has 0 aliphatic heterocycles. The van der Waals surface area contributed by atoms with Crippen LogP contribution >= 0.6 is 11.8 Å². The largest absolute Gasteiger partial charge is 0.379 e. The van der Waals surface area contributed by atoms with E-state index >= 15 is 0 Å². The predicted octanol–water partition coefficient (Wildman–Crippen LogP) is 1.06. The first-order chi connectivity index (χ1) is 7.02. The lowest BCUT2D eigenvalue weighted by Crippen LogP contribution is -2.13. The van der Waals surface area contributed by atoms with Gasteiger partial charge < -0.3 is 10.5 Å². The molecule has 1 atom stereocenters. The standard InChI is InChI=1S/C7H14N2OS.CH4O3S/c1-5(2)4-10-6(3)11-7(8)9;1-5(2,3)4/h6H,1,4H2,2-3H3,(H3,8,9);1H3,(H,2,3,4)/t6-;/m0./s1. The Hall–Kier alpha value is -0.570. The molecule has 0 aromatic rings. The Balaban J connectivity index is 0. The van der Waals surface area contributed by atoms with E-state index in [0.717, 1.165) is 5.57 Å². The van der Waals surface area contributed by atoms with Crippen LogP contribution in [0.25, 0.3) is 0 Å². The van der Waals surface area contributed by atoms with Crippen LogP contribution in [0.4, 0.5) is 0 Å². The average molecular weight is 270 g/mol. The fraction of sp³-hybridized carbons (Fsp3) is 0.625. The molecule has 0 saturated carbocycles. The van der Waals surface area contributed by atoms with Gasteiger partial charge in [-0.3, -0.25) is 9.96 Å². The summed E-state index contributed by atoms with van der Waals surface area (Å²) < 4.78 is 31.1. The van der Waals surface area contributed by atoms with Crippen molar-refractivity contribution in [1.82, 2.24) is 0 Å². The highest BCUT2D eigenvalue weighted by Crippen LogP contribution is 2.10. The molecule has 0 radical (unpaired) electrons. The Labute approximate surface area is 101 Å². The van der Waals surface area contributed by atoms with Gasteiger partial charge in [-0.2, -0.15) is 8.42 Å². The summed E-state index contributed by atoms with van der Waals surface area (Å²) in [5.41, 5.74) is 6.05. The Morgan fingerprint density at radius 2 is 2.06 bits per heavy atom. The molecule has 0 aliphatic rings. The van der Waals surface area contributed by atoms with Gasteiger partial charge in [0.25, 0.3) is 10.1 Å². The van der Waals surface area contributed by atoms with Crippen molar-refractivity contribution in [2.45, 2.75) is 19.3 Å². The zero-order valence-corrected chi connectivity index (χ0v) is 11.2. The van der Waals surface area contributed by atoms with Crippen LogP contribution in [-0.4, -0.2) is 36.4 Å². The molecule has 0 bridgehead atoms. The van der Waals surface area contributed by atoms with Gasteiger partial charge in [0.05, 0.1) is 12.9 Å². The lowest BCUT2D eigenvalue weighted by Gasteiger charge is -2.10. The van der Waals surface area contributed by atoms with Gasteiger partial charge in [0, 0.05) is 0 Å². The topological polar surface area (TPSA) is 113 Å². The minimum Gasteiger partial charge on any atom is -0.379 e. The summed E-state index contributed by atoms with van der Waals surface area (Å²) in [5, 5.41) is 7.03. The third-order valence-corrected chi connectivity index (χ3v) is 1.58. The lowest BCUT2D eigenvalue weighted by atomic mass is 10.4. The van der Waals surface area contributed by atoms with E-state index in [0.29, 0.717) is 12.9 Å². The minimum absolute atomic E-state index is 0.0656. The van der Waals surface area contributed by atoms with E-state index < -0.39 is 10.1 Å². The highest BCUT2D eigenvalue weighted by Gasteiger charge is 2.03. The molecule has 8 heteroatoms. The van der Waals surface area contributed by atoms with E-state index in [-0.39, 0.29) is 10.6 Å². The summed E-state index contributed by atoms with van der Waals surface area (Å²) >= 11 is 1.19. The summed E-state index contributed by atoms with van der Waals surface area (Å²) in [6.45, 7) is 7.97. The minimum atomic E-state index is -3.67. The Morgan fingerprint density at radius 1 is 1.69 bits per heavy atom. The summed E-state index contributed by atoms with van der Waals surface area (Å²) in [6, 6.07) is 0. The number of rotatable bonds is 4. The van der Waals surface area contributed by atoms with E-state index in [1.54, 1.807) is 0 Å². The number of hydrogen-bond donors (Lipinski definition) is 3. The molecule has 0 unspecified atom stereocenters. The van der Waals surface area contributed by atoms with Crippen LogP contribution in [0, 0.1) is 5.41 Å². The van der Waals surface area contributed by atoms with Gasteiger partial charge in [0.2, 0.25) is 0 Å². The third kappa shape index (κ3) is 29.2. The molecule has 0 aromatic carbocycles. The number of thioether (sulfide) groups is 1. The molecule has 0 saturated heterocycles. The molecule has 6 nitrogen and oxygen atoms in total. The maximum absolute atomic E-state index is 9.19. The van der Waals surface area contributed by atoms with Gasteiger partial charge >= 0.3 is 0 Å². The fourth-order valence-electron chi connectivity index (χ4n) is 0.472. The van der Waals surface area contributed by atoms with Crippen molar-refractivity contribution in [1.29, 1.82) is 5.41 Å². The van der Waals surface area contributed by atoms with Crippen molar-refractivity contribution < 1.29 is 17.7 Å². The molecule has 0 amide bonds. The quantitative estimate of drug-likeness (QED) is 0.231. The zero-order chi connectivity index (χ0) is 13.4. The van der Waals surface area contributed by atoms with Crippen LogP contribution in [0.2, 0.25) is 0 Å². The first kappa shape index (κ1) is 17.8. The first-order valence-corrected chi connectivity index (χ1v) is 6.94. The molecule has 0 aliphatic carbocycles. The molecule has 0 fully saturated rings. The van der Waals surface area contributed by atoms with Crippen LogP contribution in [0.15, 0.2) is 12.2 Å². The van der Waals surface area contributed by atoms with E-state index in [1.165, 1.54) is 11.8 Å². The summed E-state index contributed by atoms with van der Waals surface area (Å²) in [5.74, 6) is 0. The molecule has 4 N–H and O–H groups in total. The van der Waals surface area contributed by atoms with Crippen molar-refractivity contribution in [2.75, 3.05) is 12.9 Å². The maximum Gasteiger partial charge on any atom is 0.261 e. The van der Waals surface area contributed by atoms with E-state index in [9.17, 15) is 8.42 Å². The van der Waals surface area contributed by atoms with Crippen LogP contribution in [0.5, 0.6) is 0 Å². The lowest BCUT2D eigenvalue weighted by molar-refractivity contribution is 0.146.